The van der Waals surface area contributed by atoms with Crippen molar-refractivity contribution < 1.29 is 9.13 Å². The third-order valence-electron chi connectivity index (χ3n) is 3.89. The summed E-state index contributed by atoms with van der Waals surface area (Å²) in [6, 6.07) is 5.02. The zero-order valence-electron chi connectivity index (χ0n) is 11.5. The molecule has 0 saturated carbocycles. The molecule has 2 unspecified atom stereocenters. The Morgan fingerprint density at radius 3 is 2.79 bits per heavy atom. The van der Waals surface area contributed by atoms with Gasteiger partial charge in [-0.25, -0.2) is 4.39 Å². The Hall–Kier alpha value is -0.450. The summed E-state index contributed by atoms with van der Waals surface area (Å²) in [5.41, 5.74) is 0.637. The number of ether oxygens (including phenoxy) is 1. The Kier molecular flexibility index (Phi) is 5.37. The van der Waals surface area contributed by atoms with E-state index in [1.54, 1.807) is 6.07 Å². The van der Waals surface area contributed by atoms with Crippen molar-refractivity contribution in [3.8, 4) is 0 Å². The van der Waals surface area contributed by atoms with Crippen molar-refractivity contribution in [3.05, 3.63) is 34.1 Å². The van der Waals surface area contributed by atoms with Crippen LogP contribution in [0.4, 0.5) is 4.39 Å². The highest BCUT2D eigenvalue weighted by molar-refractivity contribution is 9.10. The molecule has 1 heterocycles. The summed E-state index contributed by atoms with van der Waals surface area (Å²) in [6.45, 7) is 5.89. The van der Waals surface area contributed by atoms with Gasteiger partial charge in [0.15, 0.2) is 0 Å². The molecule has 0 spiro atoms. The number of rotatable bonds is 4. The molecule has 106 valence electrons. The smallest absolute Gasteiger partial charge is 0.129 e. The van der Waals surface area contributed by atoms with Gasteiger partial charge in [0.2, 0.25) is 0 Å². The maximum Gasteiger partial charge on any atom is 0.129 e. The highest BCUT2D eigenvalue weighted by Crippen LogP contribution is 2.30. The van der Waals surface area contributed by atoms with Crippen molar-refractivity contribution in [1.82, 2.24) is 5.32 Å². The predicted molar refractivity (Wildman–Crippen MR) is 78.7 cm³/mol. The minimum atomic E-state index is -0.197. The summed E-state index contributed by atoms with van der Waals surface area (Å²) in [5.74, 6) is 0.339. The number of benzene rings is 1. The summed E-state index contributed by atoms with van der Waals surface area (Å²) >= 11 is 3.39. The summed E-state index contributed by atoms with van der Waals surface area (Å²) in [6.07, 6.45) is 2.16. The molecular weight excluding hydrogens is 309 g/mol. The minimum absolute atomic E-state index is 0.173. The quantitative estimate of drug-likeness (QED) is 0.899. The van der Waals surface area contributed by atoms with E-state index in [2.05, 4.69) is 35.1 Å². The molecule has 1 aromatic carbocycles. The van der Waals surface area contributed by atoms with Crippen molar-refractivity contribution in [2.75, 3.05) is 13.1 Å². The van der Waals surface area contributed by atoms with Gasteiger partial charge in [-0.05, 0) is 24.1 Å². The summed E-state index contributed by atoms with van der Waals surface area (Å²) in [4.78, 5) is 0. The molecule has 0 bridgehead atoms. The van der Waals surface area contributed by atoms with Crippen molar-refractivity contribution in [2.45, 2.75) is 38.9 Å². The van der Waals surface area contributed by atoms with Gasteiger partial charge < -0.3 is 10.1 Å². The number of nitrogens with one attached hydrogen (secondary N) is 1. The normalized spacial score (nSPS) is 23.8. The first-order chi connectivity index (χ1) is 9.15. The van der Waals surface area contributed by atoms with E-state index in [-0.39, 0.29) is 18.0 Å². The van der Waals surface area contributed by atoms with Gasteiger partial charge in [0, 0.05) is 23.1 Å². The summed E-state index contributed by atoms with van der Waals surface area (Å²) in [5, 5.41) is 3.37. The molecule has 1 N–H and O–H groups in total. The van der Waals surface area contributed by atoms with Crippen LogP contribution in [0.3, 0.4) is 0 Å². The van der Waals surface area contributed by atoms with Gasteiger partial charge in [-0.3, -0.25) is 0 Å². The average molecular weight is 330 g/mol. The van der Waals surface area contributed by atoms with Crippen LogP contribution in [0, 0.1) is 11.7 Å². The fourth-order valence-electron chi connectivity index (χ4n) is 2.70. The van der Waals surface area contributed by atoms with Crippen molar-refractivity contribution in [3.63, 3.8) is 0 Å². The van der Waals surface area contributed by atoms with Crippen LogP contribution in [0.15, 0.2) is 22.7 Å². The van der Waals surface area contributed by atoms with E-state index >= 15 is 0 Å². The Morgan fingerprint density at radius 1 is 1.37 bits per heavy atom. The fraction of sp³-hybridized carbons (Fsp3) is 0.600. The molecule has 2 rings (SSSR count). The SMILES string of the molecule is CCC(CC)C1CNCC(c2cc(Br)ccc2F)O1. The lowest BCUT2D eigenvalue weighted by molar-refractivity contribution is -0.0700. The van der Waals surface area contributed by atoms with Gasteiger partial charge in [-0.2, -0.15) is 0 Å². The van der Waals surface area contributed by atoms with Gasteiger partial charge in [0.1, 0.15) is 5.82 Å². The number of halogens is 2. The van der Waals surface area contributed by atoms with Gasteiger partial charge in [0.25, 0.3) is 0 Å². The van der Waals surface area contributed by atoms with E-state index in [1.165, 1.54) is 6.07 Å². The Labute approximate surface area is 122 Å². The van der Waals surface area contributed by atoms with Crippen molar-refractivity contribution in [1.29, 1.82) is 0 Å². The van der Waals surface area contributed by atoms with E-state index < -0.39 is 0 Å². The molecule has 1 aromatic rings. The molecule has 1 aliphatic heterocycles. The molecule has 1 saturated heterocycles. The zero-order chi connectivity index (χ0) is 13.8. The first-order valence-electron chi connectivity index (χ1n) is 6.96. The molecule has 0 aromatic heterocycles. The standard InChI is InChI=1S/C15H21BrFNO/c1-3-10(4-2)14-8-18-9-15(19-14)12-7-11(16)5-6-13(12)17/h5-7,10,14-15,18H,3-4,8-9H2,1-2H3. The second kappa shape index (κ2) is 6.82. The van der Waals surface area contributed by atoms with Crippen LogP contribution in [0.2, 0.25) is 0 Å². The second-order valence-electron chi connectivity index (χ2n) is 5.06. The molecule has 2 nitrogen and oxygen atoms in total. The van der Waals surface area contributed by atoms with Gasteiger partial charge in [-0.15, -0.1) is 0 Å². The molecule has 0 aliphatic carbocycles. The summed E-state index contributed by atoms with van der Waals surface area (Å²) < 4.78 is 20.9. The minimum Gasteiger partial charge on any atom is -0.367 e. The molecule has 0 radical (unpaired) electrons. The highest BCUT2D eigenvalue weighted by Gasteiger charge is 2.29. The molecule has 4 heteroatoms. The number of hydrogen-bond donors (Lipinski definition) is 1. The van der Waals surface area contributed by atoms with Crippen LogP contribution in [0.25, 0.3) is 0 Å². The first kappa shape index (κ1) is 14.9. The first-order valence-corrected chi connectivity index (χ1v) is 7.76. The lowest BCUT2D eigenvalue weighted by Gasteiger charge is -2.35. The monoisotopic (exact) mass is 329 g/mol. The molecule has 2 atom stereocenters. The topological polar surface area (TPSA) is 21.3 Å². The maximum atomic E-state index is 13.9. The largest absolute Gasteiger partial charge is 0.367 e. The average Bonchev–Trinajstić information content (AvgIpc) is 2.43. The van der Waals surface area contributed by atoms with Crippen molar-refractivity contribution >= 4 is 15.9 Å². The third kappa shape index (κ3) is 3.56. The van der Waals surface area contributed by atoms with Gasteiger partial charge in [0.05, 0.1) is 12.2 Å². The van der Waals surface area contributed by atoms with E-state index in [0.29, 0.717) is 18.0 Å². The van der Waals surface area contributed by atoms with Crippen LogP contribution in [0.5, 0.6) is 0 Å². The van der Waals surface area contributed by atoms with Crippen LogP contribution in [-0.4, -0.2) is 19.2 Å². The molecule has 19 heavy (non-hydrogen) atoms. The maximum absolute atomic E-state index is 13.9. The Balaban J connectivity index is 2.14. The van der Waals surface area contributed by atoms with E-state index in [0.717, 1.165) is 23.9 Å². The van der Waals surface area contributed by atoms with Gasteiger partial charge >= 0.3 is 0 Å². The highest BCUT2D eigenvalue weighted by atomic mass is 79.9. The van der Waals surface area contributed by atoms with Gasteiger partial charge in [-0.1, -0.05) is 42.6 Å². The van der Waals surface area contributed by atoms with E-state index in [1.807, 2.05) is 6.07 Å². The lowest BCUT2D eigenvalue weighted by Crippen LogP contribution is -2.44. The van der Waals surface area contributed by atoms with Crippen LogP contribution >= 0.6 is 15.9 Å². The Morgan fingerprint density at radius 2 is 2.11 bits per heavy atom. The molecular formula is C15H21BrFNO. The molecule has 0 amide bonds. The van der Waals surface area contributed by atoms with E-state index in [4.69, 9.17) is 4.74 Å². The number of morpholine rings is 1. The van der Waals surface area contributed by atoms with Crippen LogP contribution in [-0.2, 0) is 4.74 Å². The Bertz CT molecular complexity index is 423. The van der Waals surface area contributed by atoms with Crippen LogP contribution < -0.4 is 5.32 Å². The molecule has 1 fully saturated rings. The second-order valence-corrected chi connectivity index (χ2v) is 5.98. The number of hydrogen-bond acceptors (Lipinski definition) is 2. The zero-order valence-corrected chi connectivity index (χ0v) is 13.0. The molecule has 1 aliphatic rings. The van der Waals surface area contributed by atoms with E-state index in [9.17, 15) is 4.39 Å². The van der Waals surface area contributed by atoms with Crippen LogP contribution in [0.1, 0.15) is 38.4 Å². The summed E-state index contributed by atoms with van der Waals surface area (Å²) in [7, 11) is 0. The van der Waals surface area contributed by atoms with Crippen molar-refractivity contribution in [2.24, 2.45) is 5.92 Å². The predicted octanol–water partition coefficient (Wildman–Crippen LogP) is 4.05. The fourth-order valence-corrected chi connectivity index (χ4v) is 3.08. The third-order valence-corrected chi connectivity index (χ3v) is 4.39. The lowest BCUT2D eigenvalue weighted by atomic mass is 9.94.